The number of carbonyl (C=O) groups excluding carboxylic acids is 1. The maximum atomic E-state index is 11.9. The van der Waals surface area contributed by atoms with E-state index < -0.39 is 5.60 Å². The fourth-order valence-corrected chi connectivity index (χ4v) is 2.14. The van der Waals surface area contributed by atoms with Crippen molar-refractivity contribution in [3.8, 4) is 0 Å². The molecule has 0 saturated carbocycles. The van der Waals surface area contributed by atoms with Crippen LogP contribution in [0.5, 0.6) is 0 Å². The van der Waals surface area contributed by atoms with Crippen molar-refractivity contribution < 1.29 is 9.53 Å². The first-order valence-corrected chi connectivity index (χ1v) is 6.25. The zero-order valence-corrected chi connectivity index (χ0v) is 11.3. The Hall–Kier alpha value is -0.810. The van der Waals surface area contributed by atoms with Gasteiger partial charge in [0.05, 0.1) is 0 Å². The molecule has 5 heteroatoms. The van der Waals surface area contributed by atoms with Crippen LogP contribution in [0, 0.1) is 11.8 Å². The third-order valence-corrected chi connectivity index (χ3v) is 3.11. The molecule has 2 unspecified atom stereocenters. The molecule has 2 atom stereocenters. The van der Waals surface area contributed by atoms with E-state index in [0.29, 0.717) is 11.8 Å². The summed E-state index contributed by atoms with van der Waals surface area (Å²) < 4.78 is 5.37. The van der Waals surface area contributed by atoms with E-state index in [-0.39, 0.29) is 6.09 Å². The minimum absolute atomic E-state index is 0.205. The SMILES string of the molecule is CC1CN(C(=O)OC(C)(C)C)CCC1CNN. The summed E-state index contributed by atoms with van der Waals surface area (Å²) in [6.07, 6.45) is 0.772. The molecular weight excluding hydrogens is 218 g/mol. The molecule has 1 fully saturated rings. The van der Waals surface area contributed by atoms with Crippen LogP contribution in [-0.2, 0) is 4.74 Å². The predicted octanol–water partition coefficient (Wildman–Crippen LogP) is 1.34. The number of carbonyl (C=O) groups is 1. The number of rotatable bonds is 2. The third kappa shape index (κ3) is 4.52. The molecule has 0 aromatic carbocycles. The first-order chi connectivity index (χ1) is 7.83. The van der Waals surface area contributed by atoms with E-state index in [9.17, 15) is 4.79 Å². The van der Waals surface area contributed by atoms with Gasteiger partial charge in [-0.25, -0.2) is 4.79 Å². The highest BCUT2D eigenvalue weighted by Crippen LogP contribution is 2.23. The maximum Gasteiger partial charge on any atom is 0.410 e. The molecule has 1 aliphatic rings. The molecule has 5 nitrogen and oxygen atoms in total. The Bertz CT molecular complexity index is 263. The highest BCUT2D eigenvalue weighted by Gasteiger charge is 2.30. The van der Waals surface area contributed by atoms with Crippen molar-refractivity contribution >= 4 is 6.09 Å². The minimum atomic E-state index is -0.421. The zero-order chi connectivity index (χ0) is 13.1. The van der Waals surface area contributed by atoms with Crippen molar-refractivity contribution in [2.45, 2.75) is 39.7 Å². The molecule has 1 saturated heterocycles. The monoisotopic (exact) mass is 243 g/mol. The molecule has 3 N–H and O–H groups in total. The van der Waals surface area contributed by atoms with E-state index in [1.54, 1.807) is 4.90 Å². The van der Waals surface area contributed by atoms with Gasteiger partial charge in [0.15, 0.2) is 0 Å². The fraction of sp³-hybridized carbons (Fsp3) is 0.917. The smallest absolute Gasteiger partial charge is 0.410 e. The van der Waals surface area contributed by atoms with Gasteiger partial charge >= 0.3 is 6.09 Å². The fourth-order valence-electron chi connectivity index (χ4n) is 2.14. The van der Waals surface area contributed by atoms with E-state index in [1.807, 2.05) is 20.8 Å². The number of ether oxygens (including phenoxy) is 1. The number of hydrogen-bond donors (Lipinski definition) is 2. The van der Waals surface area contributed by atoms with Crippen LogP contribution < -0.4 is 11.3 Å². The Morgan fingerprint density at radius 2 is 2.18 bits per heavy atom. The molecule has 0 radical (unpaired) electrons. The Balaban J connectivity index is 2.46. The van der Waals surface area contributed by atoms with Gasteiger partial charge in [-0.1, -0.05) is 6.92 Å². The molecular formula is C12H25N3O2. The number of piperidine rings is 1. The summed E-state index contributed by atoms with van der Waals surface area (Å²) >= 11 is 0. The molecule has 1 aliphatic heterocycles. The maximum absolute atomic E-state index is 11.9. The van der Waals surface area contributed by atoms with Gasteiger partial charge in [0.25, 0.3) is 0 Å². The van der Waals surface area contributed by atoms with Gasteiger partial charge < -0.3 is 9.64 Å². The minimum Gasteiger partial charge on any atom is -0.444 e. The molecule has 0 spiro atoms. The van der Waals surface area contributed by atoms with Crippen LogP contribution in [0.25, 0.3) is 0 Å². The van der Waals surface area contributed by atoms with Crippen molar-refractivity contribution in [3.63, 3.8) is 0 Å². The van der Waals surface area contributed by atoms with Crippen LogP contribution in [-0.4, -0.2) is 36.2 Å². The first kappa shape index (κ1) is 14.3. The summed E-state index contributed by atoms with van der Waals surface area (Å²) in [5.74, 6) is 6.34. The van der Waals surface area contributed by atoms with E-state index in [2.05, 4.69) is 12.3 Å². The molecule has 0 aromatic rings. The summed E-state index contributed by atoms with van der Waals surface area (Å²) in [4.78, 5) is 13.7. The van der Waals surface area contributed by atoms with Crippen LogP contribution in [0.2, 0.25) is 0 Å². The molecule has 0 aliphatic carbocycles. The Morgan fingerprint density at radius 3 is 2.65 bits per heavy atom. The summed E-state index contributed by atoms with van der Waals surface area (Å²) in [5, 5.41) is 0. The molecule has 1 heterocycles. The van der Waals surface area contributed by atoms with Crippen molar-refractivity contribution in [1.82, 2.24) is 10.3 Å². The quantitative estimate of drug-likeness (QED) is 0.567. The van der Waals surface area contributed by atoms with Crippen molar-refractivity contribution in [1.29, 1.82) is 0 Å². The second kappa shape index (κ2) is 5.69. The number of likely N-dealkylation sites (tertiary alicyclic amines) is 1. The summed E-state index contributed by atoms with van der Waals surface area (Å²) in [6, 6.07) is 0. The van der Waals surface area contributed by atoms with Crippen LogP contribution in [0.4, 0.5) is 4.79 Å². The van der Waals surface area contributed by atoms with Crippen LogP contribution in [0.3, 0.4) is 0 Å². The van der Waals surface area contributed by atoms with Crippen LogP contribution >= 0.6 is 0 Å². The summed E-state index contributed by atoms with van der Waals surface area (Å²) in [6.45, 7) is 10.1. The molecule has 0 bridgehead atoms. The average molecular weight is 243 g/mol. The Kier molecular flexibility index (Phi) is 4.77. The van der Waals surface area contributed by atoms with E-state index in [0.717, 1.165) is 26.1 Å². The van der Waals surface area contributed by atoms with E-state index >= 15 is 0 Å². The number of hydrogen-bond acceptors (Lipinski definition) is 4. The molecule has 0 aromatic heterocycles. The van der Waals surface area contributed by atoms with Gasteiger partial charge in [-0.05, 0) is 39.0 Å². The van der Waals surface area contributed by atoms with Gasteiger partial charge in [-0.15, -0.1) is 0 Å². The lowest BCUT2D eigenvalue weighted by atomic mass is 9.87. The molecule has 1 amide bonds. The predicted molar refractivity (Wildman–Crippen MR) is 67.3 cm³/mol. The number of nitrogens with zero attached hydrogens (tertiary/aromatic N) is 1. The lowest BCUT2D eigenvalue weighted by Gasteiger charge is -2.37. The highest BCUT2D eigenvalue weighted by molar-refractivity contribution is 5.68. The van der Waals surface area contributed by atoms with Gasteiger partial charge in [0.2, 0.25) is 0 Å². The van der Waals surface area contributed by atoms with Crippen LogP contribution in [0.1, 0.15) is 34.1 Å². The number of hydrazine groups is 1. The normalized spacial score (nSPS) is 25.8. The topological polar surface area (TPSA) is 67.6 Å². The Labute approximate surface area is 104 Å². The molecule has 100 valence electrons. The zero-order valence-electron chi connectivity index (χ0n) is 11.3. The lowest BCUT2D eigenvalue weighted by Crippen LogP contribution is -2.47. The number of nitrogens with one attached hydrogen (secondary N) is 1. The summed E-state index contributed by atoms with van der Waals surface area (Å²) in [7, 11) is 0. The van der Waals surface area contributed by atoms with Crippen molar-refractivity contribution in [3.05, 3.63) is 0 Å². The van der Waals surface area contributed by atoms with Crippen LogP contribution in [0.15, 0.2) is 0 Å². The molecule has 17 heavy (non-hydrogen) atoms. The number of amides is 1. The summed E-state index contributed by atoms with van der Waals surface area (Å²) in [5.41, 5.74) is 2.29. The van der Waals surface area contributed by atoms with Crippen molar-refractivity contribution in [2.75, 3.05) is 19.6 Å². The highest BCUT2D eigenvalue weighted by atomic mass is 16.6. The molecule has 1 rings (SSSR count). The van der Waals surface area contributed by atoms with Gasteiger partial charge in [0.1, 0.15) is 5.60 Å². The van der Waals surface area contributed by atoms with Gasteiger partial charge in [-0.3, -0.25) is 11.3 Å². The van der Waals surface area contributed by atoms with Crippen molar-refractivity contribution in [2.24, 2.45) is 17.7 Å². The third-order valence-electron chi connectivity index (χ3n) is 3.11. The second-order valence-corrected chi connectivity index (χ2v) is 5.86. The largest absolute Gasteiger partial charge is 0.444 e. The average Bonchev–Trinajstić information content (AvgIpc) is 2.18. The Morgan fingerprint density at radius 1 is 1.53 bits per heavy atom. The van der Waals surface area contributed by atoms with Gasteiger partial charge in [-0.2, -0.15) is 0 Å². The van der Waals surface area contributed by atoms with E-state index in [1.165, 1.54) is 0 Å². The lowest BCUT2D eigenvalue weighted by molar-refractivity contribution is 0.0117. The first-order valence-electron chi connectivity index (χ1n) is 6.25. The standard InChI is InChI=1S/C12H25N3O2/c1-9-8-15(6-5-10(9)7-14-13)11(16)17-12(2,3)4/h9-10,14H,5-8,13H2,1-4H3. The number of nitrogens with two attached hydrogens (primary N) is 1. The second-order valence-electron chi connectivity index (χ2n) is 5.86. The van der Waals surface area contributed by atoms with Gasteiger partial charge in [0, 0.05) is 19.6 Å². The van der Waals surface area contributed by atoms with E-state index in [4.69, 9.17) is 10.6 Å².